The standard InChI is InChI=1S/C13H28N2O/c1-11(2)8-15-9-12(3)7-13(10-15)14-5-4-6-16/h11-14,16H,4-10H2,1-3H3. The smallest absolute Gasteiger partial charge is 0.0443 e. The average molecular weight is 228 g/mol. The van der Waals surface area contributed by atoms with Crippen molar-refractivity contribution in [3.8, 4) is 0 Å². The van der Waals surface area contributed by atoms with Crippen LogP contribution in [0.15, 0.2) is 0 Å². The van der Waals surface area contributed by atoms with Crippen LogP contribution < -0.4 is 5.32 Å². The molecule has 0 aliphatic carbocycles. The molecule has 1 aliphatic heterocycles. The van der Waals surface area contributed by atoms with Crippen molar-refractivity contribution < 1.29 is 5.11 Å². The molecule has 0 spiro atoms. The van der Waals surface area contributed by atoms with Crippen molar-refractivity contribution in [2.45, 2.75) is 39.7 Å². The topological polar surface area (TPSA) is 35.5 Å². The normalized spacial score (nSPS) is 27.6. The molecule has 1 aliphatic rings. The van der Waals surface area contributed by atoms with Gasteiger partial charge >= 0.3 is 0 Å². The quantitative estimate of drug-likeness (QED) is 0.673. The van der Waals surface area contributed by atoms with Crippen LogP contribution in [-0.2, 0) is 0 Å². The van der Waals surface area contributed by atoms with Gasteiger partial charge in [-0.1, -0.05) is 20.8 Å². The van der Waals surface area contributed by atoms with E-state index in [4.69, 9.17) is 5.11 Å². The molecular formula is C13H28N2O. The molecule has 1 saturated heterocycles. The molecule has 3 nitrogen and oxygen atoms in total. The number of aliphatic hydroxyl groups excluding tert-OH is 1. The Morgan fingerprint density at radius 3 is 2.75 bits per heavy atom. The second kappa shape index (κ2) is 7.25. The lowest BCUT2D eigenvalue weighted by Crippen LogP contribution is -2.49. The first-order chi connectivity index (χ1) is 7.61. The largest absolute Gasteiger partial charge is 0.396 e. The number of rotatable bonds is 6. The van der Waals surface area contributed by atoms with E-state index in [-0.39, 0.29) is 0 Å². The van der Waals surface area contributed by atoms with Gasteiger partial charge in [0.2, 0.25) is 0 Å². The molecule has 2 atom stereocenters. The zero-order valence-corrected chi connectivity index (χ0v) is 11.1. The average Bonchev–Trinajstić information content (AvgIpc) is 2.16. The minimum Gasteiger partial charge on any atom is -0.396 e. The minimum atomic E-state index is 0.297. The number of hydrogen-bond acceptors (Lipinski definition) is 3. The first-order valence-electron chi connectivity index (χ1n) is 6.68. The van der Waals surface area contributed by atoms with E-state index in [1.54, 1.807) is 0 Å². The Hall–Kier alpha value is -0.120. The van der Waals surface area contributed by atoms with E-state index < -0.39 is 0 Å². The third-order valence-corrected chi connectivity index (χ3v) is 3.13. The lowest BCUT2D eigenvalue weighted by molar-refractivity contribution is 0.134. The van der Waals surface area contributed by atoms with Crippen LogP contribution in [0.2, 0.25) is 0 Å². The van der Waals surface area contributed by atoms with Crippen LogP contribution in [0.1, 0.15) is 33.6 Å². The van der Waals surface area contributed by atoms with Gasteiger partial charge in [0.1, 0.15) is 0 Å². The molecule has 0 aromatic rings. The molecule has 1 rings (SSSR count). The Morgan fingerprint density at radius 1 is 1.38 bits per heavy atom. The third-order valence-electron chi connectivity index (χ3n) is 3.13. The van der Waals surface area contributed by atoms with Crippen molar-refractivity contribution in [2.75, 3.05) is 32.8 Å². The number of piperidine rings is 1. The highest BCUT2D eigenvalue weighted by Crippen LogP contribution is 2.17. The molecule has 3 heteroatoms. The summed E-state index contributed by atoms with van der Waals surface area (Å²) < 4.78 is 0. The van der Waals surface area contributed by atoms with Gasteiger partial charge in [-0.25, -0.2) is 0 Å². The van der Waals surface area contributed by atoms with Crippen molar-refractivity contribution in [1.29, 1.82) is 0 Å². The molecule has 0 aromatic carbocycles. The molecule has 1 heterocycles. The molecule has 0 aromatic heterocycles. The SMILES string of the molecule is CC(C)CN1CC(C)CC(NCCCO)C1. The van der Waals surface area contributed by atoms with Gasteiger partial charge < -0.3 is 15.3 Å². The maximum absolute atomic E-state index is 8.77. The zero-order chi connectivity index (χ0) is 12.0. The Balaban J connectivity index is 2.29. The van der Waals surface area contributed by atoms with Crippen molar-refractivity contribution >= 4 is 0 Å². The highest BCUT2D eigenvalue weighted by molar-refractivity contribution is 4.82. The fraction of sp³-hybridized carbons (Fsp3) is 1.00. The van der Waals surface area contributed by atoms with E-state index in [0.717, 1.165) is 24.8 Å². The van der Waals surface area contributed by atoms with Crippen LogP contribution in [0, 0.1) is 11.8 Å². The first kappa shape index (κ1) is 13.9. The van der Waals surface area contributed by atoms with E-state index in [1.165, 1.54) is 26.1 Å². The summed E-state index contributed by atoms with van der Waals surface area (Å²) in [5, 5.41) is 12.3. The number of hydrogen-bond donors (Lipinski definition) is 2. The summed E-state index contributed by atoms with van der Waals surface area (Å²) in [6.07, 6.45) is 2.15. The van der Waals surface area contributed by atoms with Crippen molar-refractivity contribution in [1.82, 2.24) is 10.2 Å². The maximum Gasteiger partial charge on any atom is 0.0443 e. The third kappa shape index (κ3) is 5.28. The van der Waals surface area contributed by atoms with Crippen molar-refractivity contribution in [2.24, 2.45) is 11.8 Å². The van der Waals surface area contributed by atoms with Gasteiger partial charge in [0.25, 0.3) is 0 Å². The van der Waals surface area contributed by atoms with Crippen LogP contribution in [0.25, 0.3) is 0 Å². The van der Waals surface area contributed by atoms with E-state index >= 15 is 0 Å². The molecule has 2 N–H and O–H groups in total. The lowest BCUT2D eigenvalue weighted by atomic mass is 9.95. The number of nitrogens with zero attached hydrogens (tertiary/aromatic N) is 1. The summed E-state index contributed by atoms with van der Waals surface area (Å²) >= 11 is 0. The van der Waals surface area contributed by atoms with Crippen LogP contribution in [0.3, 0.4) is 0 Å². The molecule has 0 radical (unpaired) electrons. The van der Waals surface area contributed by atoms with Gasteiger partial charge in [-0.2, -0.15) is 0 Å². The fourth-order valence-corrected chi connectivity index (χ4v) is 2.66. The van der Waals surface area contributed by atoms with Crippen LogP contribution in [0.5, 0.6) is 0 Å². The highest BCUT2D eigenvalue weighted by atomic mass is 16.3. The highest BCUT2D eigenvalue weighted by Gasteiger charge is 2.24. The summed E-state index contributed by atoms with van der Waals surface area (Å²) in [4.78, 5) is 2.58. The first-order valence-corrected chi connectivity index (χ1v) is 6.68. The molecule has 1 fully saturated rings. The van der Waals surface area contributed by atoms with Crippen LogP contribution >= 0.6 is 0 Å². The Labute approximate surface area is 100 Å². The summed E-state index contributed by atoms with van der Waals surface area (Å²) in [5.41, 5.74) is 0. The summed E-state index contributed by atoms with van der Waals surface area (Å²) in [5.74, 6) is 1.54. The summed E-state index contributed by atoms with van der Waals surface area (Å²) in [6, 6.07) is 0.619. The van der Waals surface area contributed by atoms with E-state index in [2.05, 4.69) is 31.0 Å². The molecular weight excluding hydrogens is 200 g/mol. The molecule has 0 bridgehead atoms. The monoisotopic (exact) mass is 228 g/mol. The zero-order valence-electron chi connectivity index (χ0n) is 11.1. The van der Waals surface area contributed by atoms with Gasteiger partial charge in [0.15, 0.2) is 0 Å². The molecule has 16 heavy (non-hydrogen) atoms. The Bertz CT molecular complexity index is 183. The van der Waals surface area contributed by atoms with Gasteiger partial charge in [-0.3, -0.25) is 0 Å². The van der Waals surface area contributed by atoms with Gasteiger partial charge in [0.05, 0.1) is 0 Å². The van der Waals surface area contributed by atoms with E-state index in [0.29, 0.717) is 12.6 Å². The van der Waals surface area contributed by atoms with Crippen LogP contribution in [0.4, 0.5) is 0 Å². The van der Waals surface area contributed by atoms with E-state index in [9.17, 15) is 0 Å². The summed E-state index contributed by atoms with van der Waals surface area (Å²) in [7, 11) is 0. The number of likely N-dealkylation sites (tertiary alicyclic amines) is 1. The Morgan fingerprint density at radius 2 is 2.12 bits per heavy atom. The number of aliphatic hydroxyl groups is 1. The fourth-order valence-electron chi connectivity index (χ4n) is 2.66. The second-order valence-electron chi connectivity index (χ2n) is 5.68. The van der Waals surface area contributed by atoms with Gasteiger partial charge in [0, 0.05) is 32.3 Å². The summed E-state index contributed by atoms with van der Waals surface area (Å²) in [6.45, 7) is 11.8. The van der Waals surface area contributed by atoms with Crippen molar-refractivity contribution in [3.63, 3.8) is 0 Å². The molecule has 0 saturated carbocycles. The minimum absolute atomic E-state index is 0.297. The molecule has 2 unspecified atom stereocenters. The second-order valence-corrected chi connectivity index (χ2v) is 5.68. The lowest BCUT2D eigenvalue weighted by Gasteiger charge is -2.37. The maximum atomic E-state index is 8.77. The number of nitrogens with one attached hydrogen (secondary N) is 1. The van der Waals surface area contributed by atoms with Gasteiger partial charge in [-0.15, -0.1) is 0 Å². The Kier molecular flexibility index (Phi) is 6.32. The predicted molar refractivity (Wildman–Crippen MR) is 68.6 cm³/mol. The molecule has 0 amide bonds. The predicted octanol–water partition coefficient (Wildman–Crippen LogP) is 1.32. The van der Waals surface area contributed by atoms with E-state index in [1.807, 2.05) is 0 Å². The van der Waals surface area contributed by atoms with Crippen LogP contribution in [-0.4, -0.2) is 48.8 Å². The van der Waals surface area contributed by atoms with Gasteiger partial charge in [-0.05, 0) is 31.2 Å². The van der Waals surface area contributed by atoms with Crippen molar-refractivity contribution in [3.05, 3.63) is 0 Å². The molecule has 96 valence electrons.